The first-order valence-corrected chi connectivity index (χ1v) is 7.97. The minimum absolute atomic E-state index is 0.0582. The maximum Gasteiger partial charge on any atom is 0.260 e. The number of benzene rings is 1. The van der Waals surface area contributed by atoms with Crippen molar-refractivity contribution in [3.8, 4) is 5.75 Å². The van der Waals surface area contributed by atoms with Crippen LogP contribution in [0.3, 0.4) is 0 Å². The molecule has 0 spiro atoms. The molecule has 0 radical (unpaired) electrons. The molecule has 1 N–H and O–H groups in total. The molecule has 2 heterocycles. The van der Waals surface area contributed by atoms with Gasteiger partial charge in [-0.3, -0.25) is 4.79 Å². The Morgan fingerprint density at radius 1 is 1.24 bits per heavy atom. The zero-order chi connectivity index (χ0) is 14.7. The maximum atomic E-state index is 12.3. The normalized spacial score (nSPS) is 25.3. The molecular formula is C16H21ClN2O2. The number of rotatable bonds is 3. The van der Waals surface area contributed by atoms with E-state index in [4.69, 9.17) is 16.3 Å². The van der Waals surface area contributed by atoms with Gasteiger partial charge in [-0.25, -0.2) is 0 Å². The summed E-state index contributed by atoms with van der Waals surface area (Å²) in [5.41, 5.74) is 0. The molecule has 5 heteroatoms. The van der Waals surface area contributed by atoms with Crippen molar-refractivity contribution in [2.75, 3.05) is 32.8 Å². The monoisotopic (exact) mass is 308 g/mol. The first kappa shape index (κ1) is 14.7. The van der Waals surface area contributed by atoms with E-state index in [1.165, 1.54) is 0 Å². The largest absolute Gasteiger partial charge is 0.482 e. The zero-order valence-electron chi connectivity index (χ0n) is 12.1. The van der Waals surface area contributed by atoms with Crippen molar-refractivity contribution in [3.63, 3.8) is 0 Å². The van der Waals surface area contributed by atoms with Crippen molar-refractivity contribution in [1.82, 2.24) is 10.2 Å². The lowest BCUT2D eigenvalue weighted by Crippen LogP contribution is -2.36. The number of nitrogens with zero attached hydrogens (tertiary/aromatic N) is 1. The van der Waals surface area contributed by atoms with Crippen molar-refractivity contribution in [1.29, 1.82) is 0 Å². The molecule has 114 valence electrons. The van der Waals surface area contributed by atoms with Crippen LogP contribution in [0.2, 0.25) is 5.02 Å². The predicted octanol–water partition coefficient (Wildman–Crippen LogP) is 2.18. The Morgan fingerprint density at radius 2 is 1.90 bits per heavy atom. The van der Waals surface area contributed by atoms with Crippen LogP contribution in [0, 0.1) is 11.8 Å². The summed E-state index contributed by atoms with van der Waals surface area (Å²) in [7, 11) is 0. The third-order valence-electron chi connectivity index (χ3n) is 4.56. The molecule has 2 aliphatic rings. The minimum atomic E-state index is 0.0582. The first-order valence-electron chi connectivity index (χ1n) is 7.60. The van der Waals surface area contributed by atoms with E-state index in [0.29, 0.717) is 10.8 Å². The molecule has 0 bridgehead atoms. The van der Waals surface area contributed by atoms with Gasteiger partial charge in [0, 0.05) is 13.1 Å². The van der Waals surface area contributed by atoms with E-state index in [0.717, 1.165) is 50.9 Å². The Bertz CT molecular complexity index is 495. The van der Waals surface area contributed by atoms with E-state index in [1.54, 1.807) is 12.1 Å². The lowest BCUT2D eigenvalue weighted by atomic mass is 9.92. The summed E-state index contributed by atoms with van der Waals surface area (Å²) in [6.07, 6.45) is 2.19. The lowest BCUT2D eigenvalue weighted by Gasteiger charge is -2.21. The quantitative estimate of drug-likeness (QED) is 0.930. The summed E-state index contributed by atoms with van der Waals surface area (Å²) in [6, 6.07) is 7.25. The van der Waals surface area contributed by atoms with Gasteiger partial charge in [-0.05, 0) is 49.9 Å². The van der Waals surface area contributed by atoms with Crippen LogP contribution in [0.15, 0.2) is 24.3 Å². The molecule has 21 heavy (non-hydrogen) atoms. The summed E-state index contributed by atoms with van der Waals surface area (Å²) in [6.45, 7) is 3.95. The van der Waals surface area contributed by atoms with Gasteiger partial charge in [0.1, 0.15) is 5.75 Å². The first-order chi connectivity index (χ1) is 10.2. The van der Waals surface area contributed by atoms with E-state index in [1.807, 2.05) is 17.0 Å². The van der Waals surface area contributed by atoms with Crippen molar-refractivity contribution in [2.24, 2.45) is 11.8 Å². The van der Waals surface area contributed by atoms with Crippen LogP contribution in [-0.2, 0) is 4.79 Å². The highest BCUT2D eigenvalue weighted by molar-refractivity contribution is 6.32. The fraction of sp³-hybridized carbons (Fsp3) is 0.562. The van der Waals surface area contributed by atoms with Crippen molar-refractivity contribution in [2.45, 2.75) is 12.8 Å². The average molecular weight is 309 g/mol. The summed E-state index contributed by atoms with van der Waals surface area (Å²) in [4.78, 5) is 14.2. The molecule has 1 aromatic carbocycles. The number of ether oxygens (including phenoxy) is 1. The van der Waals surface area contributed by atoms with Crippen molar-refractivity contribution < 1.29 is 9.53 Å². The third-order valence-corrected chi connectivity index (χ3v) is 4.87. The Balaban J connectivity index is 1.52. The molecule has 1 aromatic rings. The van der Waals surface area contributed by atoms with Crippen LogP contribution in [0.25, 0.3) is 0 Å². The number of hydrogen-bond donors (Lipinski definition) is 1. The van der Waals surface area contributed by atoms with E-state index in [2.05, 4.69) is 5.32 Å². The Kier molecular flexibility index (Phi) is 4.66. The summed E-state index contributed by atoms with van der Waals surface area (Å²) in [5, 5.41) is 3.99. The minimum Gasteiger partial charge on any atom is -0.482 e. The molecule has 2 fully saturated rings. The number of fused-ring (bicyclic) bond motifs is 1. The fourth-order valence-corrected chi connectivity index (χ4v) is 3.45. The maximum absolute atomic E-state index is 12.3. The molecule has 0 aliphatic carbocycles. The van der Waals surface area contributed by atoms with Gasteiger partial charge in [0.25, 0.3) is 5.91 Å². The molecule has 2 aliphatic heterocycles. The van der Waals surface area contributed by atoms with Gasteiger partial charge >= 0.3 is 0 Å². The molecule has 0 unspecified atom stereocenters. The highest BCUT2D eigenvalue weighted by Gasteiger charge is 2.31. The molecule has 4 nitrogen and oxygen atoms in total. The van der Waals surface area contributed by atoms with Crippen LogP contribution in [0.1, 0.15) is 12.8 Å². The van der Waals surface area contributed by atoms with Gasteiger partial charge < -0.3 is 15.0 Å². The van der Waals surface area contributed by atoms with E-state index in [9.17, 15) is 4.79 Å². The van der Waals surface area contributed by atoms with E-state index >= 15 is 0 Å². The topological polar surface area (TPSA) is 41.6 Å². The Labute approximate surface area is 130 Å². The molecule has 2 saturated heterocycles. The summed E-state index contributed by atoms with van der Waals surface area (Å²) in [5.74, 6) is 2.09. The zero-order valence-corrected chi connectivity index (χ0v) is 12.8. The number of para-hydroxylation sites is 1. The van der Waals surface area contributed by atoms with Gasteiger partial charge in [-0.1, -0.05) is 23.7 Å². The van der Waals surface area contributed by atoms with Crippen LogP contribution in [-0.4, -0.2) is 43.6 Å². The predicted molar refractivity (Wildman–Crippen MR) is 82.6 cm³/mol. The highest BCUT2D eigenvalue weighted by atomic mass is 35.5. The second-order valence-corrected chi connectivity index (χ2v) is 6.26. The van der Waals surface area contributed by atoms with Gasteiger partial charge in [0.05, 0.1) is 5.02 Å². The molecular weight excluding hydrogens is 288 g/mol. The number of halogens is 1. The Hall–Kier alpha value is -1.26. The Morgan fingerprint density at radius 3 is 2.57 bits per heavy atom. The number of nitrogens with one attached hydrogen (secondary N) is 1. The van der Waals surface area contributed by atoms with Crippen LogP contribution in [0.4, 0.5) is 0 Å². The number of carbonyl (C=O) groups is 1. The highest BCUT2D eigenvalue weighted by Crippen LogP contribution is 2.27. The van der Waals surface area contributed by atoms with Crippen LogP contribution >= 0.6 is 11.6 Å². The van der Waals surface area contributed by atoms with Crippen molar-refractivity contribution in [3.05, 3.63) is 29.3 Å². The van der Waals surface area contributed by atoms with E-state index < -0.39 is 0 Å². The standard InChI is InChI=1S/C16H21ClN2O2/c17-14-3-1-2-4-15(14)21-11-16(20)19-7-5-12-9-18-10-13(12)6-8-19/h1-4,12-13,18H,5-11H2/t12-,13+. The fourth-order valence-electron chi connectivity index (χ4n) is 3.26. The average Bonchev–Trinajstić information content (AvgIpc) is 2.85. The second-order valence-electron chi connectivity index (χ2n) is 5.86. The van der Waals surface area contributed by atoms with Gasteiger partial charge in [-0.2, -0.15) is 0 Å². The smallest absolute Gasteiger partial charge is 0.260 e. The summed E-state index contributed by atoms with van der Waals surface area (Å²) >= 11 is 6.03. The van der Waals surface area contributed by atoms with Gasteiger partial charge in [0.15, 0.2) is 6.61 Å². The molecule has 1 amide bonds. The van der Waals surface area contributed by atoms with Crippen LogP contribution < -0.4 is 10.1 Å². The second kappa shape index (κ2) is 6.67. The third kappa shape index (κ3) is 3.50. The molecule has 2 atom stereocenters. The number of carbonyl (C=O) groups excluding carboxylic acids is 1. The molecule has 0 saturated carbocycles. The van der Waals surface area contributed by atoms with Gasteiger partial charge in [-0.15, -0.1) is 0 Å². The number of likely N-dealkylation sites (tertiary alicyclic amines) is 1. The number of amides is 1. The van der Waals surface area contributed by atoms with Crippen LogP contribution in [0.5, 0.6) is 5.75 Å². The SMILES string of the molecule is O=C(COc1ccccc1Cl)N1CC[C@@H]2CNC[C@@H]2CC1. The van der Waals surface area contributed by atoms with Gasteiger partial charge in [0.2, 0.25) is 0 Å². The van der Waals surface area contributed by atoms with Crippen molar-refractivity contribution >= 4 is 17.5 Å². The van der Waals surface area contributed by atoms with E-state index in [-0.39, 0.29) is 12.5 Å². The lowest BCUT2D eigenvalue weighted by molar-refractivity contribution is -0.133. The number of hydrogen-bond acceptors (Lipinski definition) is 3. The summed E-state index contributed by atoms with van der Waals surface area (Å²) < 4.78 is 5.55. The molecule has 3 rings (SSSR count). The molecule has 0 aromatic heterocycles.